The summed E-state index contributed by atoms with van der Waals surface area (Å²) in [5, 5.41) is 2.69. The van der Waals surface area contributed by atoms with Crippen LogP contribution >= 0.6 is 0 Å². The number of ether oxygens (including phenoxy) is 2. The van der Waals surface area contributed by atoms with Crippen molar-refractivity contribution < 1.29 is 23.5 Å². The Morgan fingerprint density at radius 2 is 1.97 bits per heavy atom. The minimum atomic E-state index is -0.780. The maximum Gasteiger partial charge on any atom is 0.267 e. The standard InChI is InChI=1S/C22H31FN2O4/c1-13-10-16-20(18(23)19(13)24-17(26)11-22(3,4)5)29-14(2)21(27)25(16)12-15-6-8-28-9-7-15/h10,14-15H,6-9,11-12H2,1-5H3,(H,24,26). The molecule has 2 heterocycles. The Morgan fingerprint density at radius 3 is 2.59 bits per heavy atom. The SMILES string of the molecule is Cc1cc2c(c(F)c1NC(=O)CC(C)(C)C)OC(C)C(=O)N2CC1CCOCC1. The summed E-state index contributed by atoms with van der Waals surface area (Å²) in [5.74, 6) is -0.717. The summed E-state index contributed by atoms with van der Waals surface area (Å²) < 4.78 is 26.4. The number of carbonyl (C=O) groups excluding carboxylic acids is 2. The van der Waals surface area contributed by atoms with Gasteiger partial charge in [-0.25, -0.2) is 4.39 Å². The highest BCUT2D eigenvalue weighted by atomic mass is 19.1. The van der Waals surface area contributed by atoms with Crippen molar-refractivity contribution in [2.75, 3.05) is 30.0 Å². The number of benzene rings is 1. The van der Waals surface area contributed by atoms with Crippen LogP contribution in [0.1, 0.15) is 52.5 Å². The van der Waals surface area contributed by atoms with Crippen molar-refractivity contribution in [3.63, 3.8) is 0 Å². The minimum Gasteiger partial charge on any atom is -0.476 e. The first kappa shape index (κ1) is 21.6. The first-order valence-corrected chi connectivity index (χ1v) is 10.3. The molecule has 0 spiro atoms. The first-order valence-electron chi connectivity index (χ1n) is 10.3. The molecule has 3 rings (SSSR count). The Hall–Kier alpha value is -2.15. The number of anilines is 2. The molecular weight excluding hydrogens is 375 g/mol. The van der Waals surface area contributed by atoms with Crippen LogP contribution in [0.3, 0.4) is 0 Å². The van der Waals surface area contributed by atoms with Crippen molar-refractivity contribution in [2.24, 2.45) is 11.3 Å². The fraction of sp³-hybridized carbons (Fsp3) is 0.636. The van der Waals surface area contributed by atoms with Crippen LogP contribution < -0.4 is 15.0 Å². The maximum absolute atomic E-state index is 15.4. The average Bonchev–Trinajstić information content (AvgIpc) is 2.63. The van der Waals surface area contributed by atoms with E-state index in [4.69, 9.17) is 9.47 Å². The topological polar surface area (TPSA) is 67.9 Å². The summed E-state index contributed by atoms with van der Waals surface area (Å²) in [5.41, 5.74) is 0.904. The van der Waals surface area contributed by atoms with E-state index in [-0.39, 0.29) is 35.1 Å². The van der Waals surface area contributed by atoms with Crippen molar-refractivity contribution in [2.45, 2.75) is 60.0 Å². The van der Waals surface area contributed by atoms with E-state index in [0.717, 1.165) is 12.8 Å². The Bertz CT molecular complexity index is 797. The predicted octanol–water partition coefficient (Wildman–Crippen LogP) is 4.05. The van der Waals surface area contributed by atoms with Gasteiger partial charge in [-0.2, -0.15) is 0 Å². The van der Waals surface area contributed by atoms with Crippen LogP contribution in [0.2, 0.25) is 0 Å². The van der Waals surface area contributed by atoms with Crippen LogP contribution in [0.15, 0.2) is 6.07 Å². The molecule has 160 valence electrons. The van der Waals surface area contributed by atoms with Gasteiger partial charge in [-0.05, 0) is 49.7 Å². The van der Waals surface area contributed by atoms with Crippen LogP contribution in [-0.4, -0.2) is 37.7 Å². The molecule has 0 bridgehead atoms. The number of nitrogens with one attached hydrogen (secondary N) is 1. The van der Waals surface area contributed by atoms with Gasteiger partial charge in [0, 0.05) is 26.2 Å². The van der Waals surface area contributed by atoms with Gasteiger partial charge in [0.2, 0.25) is 5.91 Å². The molecule has 2 amide bonds. The number of carbonyl (C=O) groups is 2. The molecule has 0 aromatic heterocycles. The highest BCUT2D eigenvalue weighted by molar-refractivity contribution is 6.01. The fourth-order valence-corrected chi connectivity index (χ4v) is 3.81. The van der Waals surface area contributed by atoms with Gasteiger partial charge in [0.15, 0.2) is 17.7 Å². The lowest BCUT2D eigenvalue weighted by molar-refractivity contribution is -0.126. The zero-order valence-corrected chi connectivity index (χ0v) is 17.9. The number of hydrogen-bond donors (Lipinski definition) is 1. The Labute approximate surface area is 171 Å². The monoisotopic (exact) mass is 406 g/mol. The average molecular weight is 406 g/mol. The van der Waals surface area contributed by atoms with Crippen LogP contribution in [-0.2, 0) is 14.3 Å². The van der Waals surface area contributed by atoms with Gasteiger partial charge >= 0.3 is 0 Å². The molecule has 1 aromatic carbocycles. The third-order valence-electron chi connectivity index (χ3n) is 5.34. The number of amides is 2. The van der Waals surface area contributed by atoms with E-state index in [1.165, 1.54) is 0 Å². The Balaban J connectivity index is 1.91. The Kier molecular flexibility index (Phi) is 6.17. The number of halogens is 1. The third-order valence-corrected chi connectivity index (χ3v) is 5.34. The third kappa shape index (κ3) is 4.89. The van der Waals surface area contributed by atoms with Crippen molar-refractivity contribution >= 4 is 23.2 Å². The summed E-state index contributed by atoms with van der Waals surface area (Å²) in [6.07, 6.45) is 1.24. The number of aryl methyl sites for hydroxylation is 1. The maximum atomic E-state index is 15.4. The molecule has 7 heteroatoms. The molecule has 1 saturated heterocycles. The van der Waals surface area contributed by atoms with Gasteiger partial charge in [0.1, 0.15) is 0 Å². The van der Waals surface area contributed by atoms with Crippen LogP contribution in [0, 0.1) is 24.1 Å². The second-order valence-corrected chi connectivity index (χ2v) is 9.28. The lowest BCUT2D eigenvalue weighted by Crippen LogP contribution is -2.47. The zero-order valence-electron chi connectivity index (χ0n) is 17.9. The molecule has 1 fully saturated rings. The van der Waals surface area contributed by atoms with Crippen molar-refractivity contribution in [1.29, 1.82) is 0 Å². The molecule has 6 nitrogen and oxygen atoms in total. The molecule has 0 radical (unpaired) electrons. The molecule has 1 unspecified atom stereocenters. The molecular formula is C22H31FN2O4. The van der Waals surface area contributed by atoms with Crippen LogP contribution in [0.4, 0.5) is 15.8 Å². The minimum absolute atomic E-state index is 0.0285. The smallest absolute Gasteiger partial charge is 0.267 e. The molecule has 1 atom stereocenters. The largest absolute Gasteiger partial charge is 0.476 e. The van der Waals surface area contributed by atoms with Crippen LogP contribution in [0.25, 0.3) is 0 Å². The van der Waals surface area contributed by atoms with Crippen molar-refractivity contribution in [3.8, 4) is 5.75 Å². The predicted molar refractivity (Wildman–Crippen MR) is 110 cm³/mol. The molecule has 2 aliphatic rings. The summed E-state index contributed by atoms with van der Waals surface area (Å²) >= 11 is 0. The molecule has 29 heavy (non-hydrogen) atoms. The molecule has 2 aliphatic heterocycles. The lowest BCUT2D eigenvalue weighted by Gasteiger charge is -2.37. The van der Waals surface area contributed by atoms with Crippen molar-refractivity contribution in [3.05, 3.63) is 17.4 Å². The van der Waals surface area contributed by atoms with Gasteiger partial charge in [0.25, 0.3) is 5.91 Å². The van der Waals surface area contributed by atoms with Crippen LogP contribution in [0.5, 0.6) is 5.75 Å². The normalized spacial score (nSPS) is 20.3. The number of hydrogen-bond acceptors (Lipinski definition) is 4. The second-order valence-electron chi connectivity index (χ2n) is 9.28. The molecule has 1 aromatic rings. The highest BCUT2D eigenvalue weighted by Crippen LogP contribution is 2.42. The fourth-order valence-electron chi connectivity index (χ4n) is 3.81. The van der Waals surface area contributed by atoms with E-state index in [2.05, 4.69) is 5.32 Å². The van der Waals surface area contributed by atoms with E-state index in [9.17, 15) is 9.59 Å². The van der Waals surface area contributed by atoms with Gasteiger partial charge in [-0.15, -0.1) is 0 Å². The number of rotatable bonds is 4. The number of fused-ring (bicyclic) bond motifs is 1. The quantitative estimate of drug-likeness (QED) is 0.819. The summed E-state index contributed by atoms with van der Waals surface area (Å²) in [6, 6.07) is 1.73. The summed E-state index contributed by atoms with van der Waals surface area (Å²) in [7, 11) is 0. The number of nitrogens with zero attached hydrogens (tertiary/aromatic N) is 1. The van der Waals surface area contributed by atoms with Gasteiger partial charge in [-0.1, -0.05) is 20.8 Å². The van der Waals surface area contributed by atoms with Gasteiger partial charge in [0.05, 0.1) is 11.4 Å². The zero-order chi connectivity index (χ0) is 21.3. The van der Waals surface area contributed by atoms with E-state index in [1.807, 2.05) is 20.8 Å². The molecule has 1 N–H and O–H groups in total. The van der Waals surface area contributed by atoms with E-state index in [1.54, 1.807) is 24.8 Å². The van der Waals surface area contributed by atoms with E-state index >= 15 is 4.39 Å². The molecule has 0 saturated carbocycles. The van der Waals surface area contributed by atoms with E-state index < -0.39 is 11.9 Å². The summed E-state index contributed by atoms with van der Waals surface area (Å²) in [6.45, 7) is 11.1. The van der Waals surface area contributed by atoms with Gasteiger partial charge < -0.3 is 19.7 Å². The molecule has 0 aliphatic carbocycles. The van der Waals surface area contributed by atoms with Crippen molar-refractivity contribution in [1.82, 2.24) is 0 Å². The second kappa shape index (κ2) is 8.30. The van der Waals surface area contributed by atoms with Gasteiger partial charge in [-0.3, -0.25) is 9.59 Å². The summed E-state index contributed by atoms with van der Waals surface area (Å²) in [4.78, 5) is 26.8. The first-order chi connectivity index (χ1) is 13.6. The Morgan fingerprint density at radius 1 is 1.31 bits per heavy atom. The van der Waals surface area contributed by atoms with E-state index in [0.29, 0.717) is 36.9 Å². The highest BCUT2D eigenvalue weighted by Gasteiger charge is 2.36. The lowest BCUT2D eigenvalue weighted by atomic mass is 9.92.